The van der Waals surface area contributed by atoms with Crippen LogP contribution in [0.2, 0.25) is 0 Å². The molecule has 2 heterocycles. The van der Waals surface area contributed by atoms with Crippen molar-refractivity contribution >= 4 is 5.91 Å². The summed E-state index contributed by atoms with van der Waals surface area (Å²) >= 11 is 0. The molecular formula is C26H26F2N2O2. The van der Waals surface area contributed by atoms with Crippen LogP contribution in [0.25, 0.3) is 11.1 Å². The lowest BCUT2D eigenvalue weighted by Gasteiger charge is -2.37. The third-order valence-electron chi connectivity index (χ3n) is 5.89. The molecule has 0 aliphatic carbocycles. The fourth-order valence-electron chi connectivity index (χ4n) is 4.30. The van der Waals surface area contributed by atoms with E-state index in [4.69, 9.17) is 4.74 Å². The van der Waals surface area contributed by atoms with Crippen LogP contribution in [0.5, 0.6) is 0 Å². The maximum Gasteiger partial charge on any atom is 0.228 e. The van der Waals surface area contributed by atoms with Gasteiger partial charge in [-0.05, 0) is 60.7 Å². The molecule has 0 N–H and O–H groups in total. The highest BCUT2D eigenvalue weighted by atomic mass is 19.1. The van der Waals surface area contributed by atoms with Crippen molar-refractivity contribution in [3.63, 3.8) is 0 Å². The Kier molecular flexibility index (Phi) is 6.90. The van der Waals surface area contributed by atoms with Gasteiger partial charge in [0.05, 0.1) is 12.5 Å². The molecule has 1 aliphatic rings. The van der Waals surface area contributed by atoms with E-state index in [1.165, 1.54) is 12.1 Å². The summed E-state index contributed by atoms with van der Waals surface area (Å²) in [7, 11) is 0. The average Bonchev–Trinajstić information content (AvgIpc) is 2.80. The molecule has 0 saturated carbocycles. The second-order valence-corrected chi connectivity index (χ2v) is 8.00. The molecule has 0 spiro atoms. The zero-order valence-electron chi connectivity index (χ0n) is 18.0. The molecular weight excluding hydrogens is 410 g/mol. The molecule has 0 unspecified atom stereocenters. The first-order chi connectivity index (χ1) is 15.5. The number of hydrogen-bond acceptors (Lipinski definition) is 3. The Morgan fingerprint density at radius 3 is 2.47 bits per heavy atom. The minimum Gasteiger partial charge on any atom is -0.373 e. The fraction of sp³-hybridized carbons (Fsp3) is 0.308. The van der Waals surface area contributed by atoms with Gasteiger partial charge in [0.1, 0.15) is 11.6 Å². The van der Waals surface area contributed by atoms with Gasteiger partial charge in [0, 0.05) is 37.2 Å². The Hall–Kier alpha value is -3.12. The molecule has 1 saturated heterocycles. The number of rotatable bonds is 6. The van der Waals surface area contributed by atoms with Crippen molar-refractivity contribution in [1.29, 1.82) is 0 Å². The quantitative estimate of drug-likeness (QED) is 0.524. The van der Waals surface area contributed by atoms with Crippen molar-refractivity contribution < 1.29 is 18.3 Å². The third kappa shape index (κ3) is 5.19. The molecule has 4 rings (SSSR count). The van der Waals surface area contributed by atoms with Crippen molar-refractivity contribution in [3.8, 4) is 11.1 Å². The van der Waals surface area contributed by atoms with Gasteiger partial charge in [-0.25, -0.2) is 8.78 Å². The second-order valence-electron chi connectivity index (χ2n) is 8.00. The molecule has 1 aliphatic heterocycles. The number of likely N-dealkylation sites (N-methyl/N-ethyl adjacent to an activating group) is 1. The lowest BCUT2D eigenvalue weighted by Crippen LogP contribution is -2.44. The number of carbonyl (C=O) groups is 1. The van der Waals surface area contributed by atoms with E-state index in [2.05, 4.69) is 4.98 Å². The van der Waals surface area contributed by atoms with Crippen molar-refractivity contribution in [3.05, 3.63) is 89.8 Å². The average molecular weight is 437 g/mol. The molecule has 1 aromatic heterocycles. The van der Waals surface area contributed by atoms with Gasteiger partial charge in [-0.15, -0.1) is 0 Å². The first-order valence-electron chi connectivity index (χ1n) is 10.9. The van der Waals surface area contributed by atoms with Crippen LogP contribution in [-0.4, -0.2) is 35.0 Å². The number of amides is 1. The predicted octanol–water partition coefficient (Wildman–Crippen LogP) is 5.34. The normalized spacial score (nSPS) is 18.3. The summed E-state index contributed by atoms with van der Waals surface area (Å²) in [4.78, 5) is 19.1. The van der Waals surface area contributed by atoms with Gasteiger partial charge in [-0.3, -0.25) is 9.78 Å². The van der Waals surface area contributed by atoms with Crippen LogP contribution in [0.4, 0.5) is 8.78 Å². The van der Waals surface area contributed by atoms with E-state index in [-0.39, 0.29) is 24.5 Å². The molecule has 2 aromatic carbocycles. The lowest BCUT2D eigenvalue weighted by atomic mass is 9.94. The first kappa shape index (κ1) is 22.1. The Bertz CT molecular complexity index is 1040. The smallest absolute Gasteiger partial charge is 0.228 e. The summed E-state index contributed by atoms with van der Waals surface area (Å²) in [5.74, 6) is -1.13. The molecule has 3 aromatic rings. The summed E-state index contributed by atoms with van der Waals surface area (Å²) in [6.45, 7) is 3.19. The molecule has 1 amide bonds. The third-order valence-corrected chi connectivity index (χ3v) is 5.89. The highest BCUT2D eigenvalue weighted by Gasteiger charge is 2.30. The lowest BCUT2D eigenvalue weighted by molar-refractivity contribution is -0.136. The summed E-state index contributed by atoms with van der Waals surface area (Å²) in [5.41, 5.74) is 2.99. The van der Waals surface area contributed by atoms with E-state index in [1.807, 2.05) is 54.3 Å². The number of nitrogens with zero attached hydrogens (tertiary/aromatic N) is 2. The number of hydrogen-bond donors (Lipinski definition) is 0. The van der Waals surface area contributed by atoms with Gasteiger partial charge in [-0.2, -0.15) is 0 Å². The predicted molar refractivity (Wildman–Crippen MR) is 119 cm³/mol. The van der Waals surface area contributed by atoms with Crippen molar-refractivity contribution in [2.24, 2.45) is 0 Å². The Labute approximate surface area is 186 Å². The number of carbonyl (C=O) groups excluding carboxylic acids is 1. The minimum atomic E-state index is -0.599. The van der Waals surface area contributed by atoms with E-state index in [0.717, 1.165) is 29.3 Å². The summed E-state index contributed by atoms with van der Waals surface area (Å²) in [6.07, 6.45) is 3.35. The summed E-state index contributed by atoms with van der Waals surface area (Å²) in [6, 6.07) is 16.7. The van der Waals surface area contributed by atoms with Crippen molar-refractivity contribution in [1.82, 2.24) is 9.88 Å². The molecule has 4 nitrogen and oxygen atoms in total. The van der Waals surface area contributed by atoms with Crippen LogP contribution < -0.4 is 0 Å². The second kappa shape index (κ2) is 10.0. The van der Waals surface area contributed by atoms with Crippen molar-refractivity contribution in [2.45, 2.75) is 38.3 Å². The largest absolute Gasteiger partial charge is 0.373 e. The monoisotopic (exact) mass is 436 g/mol. The number of aromatic nitrogens is 1. The zero-order valence-corrected chi connectivity index (χ0v) is 18.0. The van der Waals surface area contributed by atoms with Crippen molar-refractivity contribution in [2.75, 3.05) is 13.2 Å². The first-order valence-corrected chi connectivity index (χ1v) is 10.9. The number of benzene rings is 2. The van der Waals surface area contributed by atoms with E-state index < -0.39 is 11.6 Å². The maximum absolute atomic E-state index is 13.5. The molecule has 0 radical (unpaired) electrons. The van der Waals surface area contributed by atoms with Gasteiger partial charge in [0.25, 0.3) is 0 Å². The van der Waals surface area contributed by atoms with E-state index in [1.54, 1.807) is 6.20 Å². The topological polar surface area (TPSA) is 42.4 Å². The summed E-state index contributed by atoms with van der Waals surface area (Å²) in [5, 5.41) is 0. The Balaban J connectivity index is 1.45. The maximum atomic E-state index is 13.5. The number of ether oxygens (including phenoxy) is 1. The SMILES string of the molecule is CCN(C(=O)Cc1ccccn1)[C@H]1CCO[C@@H](c2ccc(-c3cc(F)cc(F)c3)cc2)C1. The molecule has 0 bridgehead atoms. The van der Waals surface area contributed by atoms with Crippen LogP contribution >= 0.6 is 0 Å². The van der Waals surface area contributed by atoms with Gasteiger partial charge in [0.2, 0.25) is 5.91 Å². The molecule has 2 atom stereocenters. The molecule has 1 fully saturated rings. The Morgan fingerprint density at radius 1 is 1.06 bits per heavy atom. The van der Waals surface area contributed by atoms with Crippen LogP contribution in [0.3, 0.4) is 0 Å². The van der Waals surface area contributed by atoms with Crippen LogP contribution in [0.15, 0.2) is 66.9 Å². The standard InChI is InChI=1S/C26H26F2N2O2/c1-2-30(26(31)16-23-5-3-4-11-29-23)24-10-12-32-25(17-24)19-8-6-18(7-9-19)20-13-21(27)15-22(28)14-20/h3-9,11,13-15,24-25H,2,10,12,16-17H2,1H3/t24-,25+/m0/s1. The fourth-order valence-corrected chi connectivity index (χ4v) is 4.30. The number of halogens is 2. The zero-order chi connectivity index (χ0) is 22.5. The van der Waals surface area contributed by atoms with Crippen LogP contribution in [0.1, 0.15) is 37.1 Å². The van der Waals surface area contributed by atoms with Gasteiger partial charge in [0.15, 0.2) is 0 Å². The van der Waals surface area contributed by atoms with Gasteiger partial charge < -0.3 is 9.64 Å². The highest BCUT2D eigenvalue weighted by Crippen LogP contribution is 2.32. The highest BCUT2D eigenvalue weighted by molar-refractivity contribution is 5.78. The minimum absolute atomic E-state index is 0.0697. The van der Waals surface area contributed by atoms with E-state index >= 15 is 0 Å². The molecule has 166 valence electrons. The van der Waals surface area contributed by atoms with Gasteiger partial charge >= 0.3 is 0 Å². The number of pyridine rings is 1. The van der Waals surface area contributed by atoms with E-state index in [9.17, 15) is 13.6 Å². The molecule has 32 heavy (non-hydrogen) atoms. The Morgan fingerprint density at radius 2 is 1.81 bits per heavy atom. The van der Waals surface area contributed by atoms with Crippen LogP contribution in [0, 0.1) is 11.6 Å². The summed E-state index contributed by atoms with van der Waals surface area (Å²) < 4.78 is 33.1. The molecule has 6 heteroatoms. The van der Waals surface area contributed by atoms with Crippen LogP contribution in [-0.2, 0) is 16.0 Å². The van der Waals surface area contributed by atoms with E-state index in [0.29, 0.717) is 25.1 Å². The van der Waals surface area contributed by atoms with Gasteiger partial charge in [-0.1, -0.05) is 30.3 Å².